The Morgan fingerprint density at radius 2 is 1.84 bits per heavy atom. The van der Waals surface area contributed by atoms with Crippen LogP contribution in [0, 0.1) is 5.92 Å². The molecule has 0 saturated carbocycles. The molecule has 1 aliphatic rings. The minimum absolute atomic E-state index is 0.00190. The second-order valence-electron chi connectivity index (χ2n) is 7.06. The highest BCUT2D eigenvalue weighted by Crippen LogP contribution is 2.38. The van der Waals surface area contributed by atoms with Crippen molar-refractivity contribution < 1.29 is 33.6 Å². The largest absolute Gasteiger partial charge is 0.459 e. The van der Waals surface area contributed by atoms with Crippen molar-refractivity contribution in [2.75, 3.05) is 59.9 Å². The normalized spacial score (nSPS) is 20.7. The average molecular weight is 438 g/mol. The van der Waals surface area contributed by atoms with Crippen LogP contribution in [0.1, 0.15) is 24.8 Å². The van der Waals surface area contributed by atoms with Crippen molar-refractivity contribution in [2.24, 2.45) is 5.92 Å². The van der Waals surface area contributed by atoms with E-state index in [-0.39, 0.29) is 30.1 Å². The van der Waals surface area contributed by atoms with E-state index in [0.29, 0.717) is 52.6 Å². The minimum atomic E-state index is -0.558. The van der Waals surface area contributed by atoms with E-state index < -0.39 is 6.29 Å². The summed E-state index contributed by atoms with van der Waals surface area (Å²) in [7, 11) is 1.59. The van der Waals surface area contributed by atoms with Gasteiger partial charge in [-0.1, -0.05) is 30.3 Å². The van der Waals surface area contributed by atoms with Crippen molar-refractivity contribution in [1.29, 1.82) is 0 Å². The summed E-state index contributed by atoms with van der Waals surface area (Å²) in [5.74, 6) is -0.0865. The Morgan fingerprint density at radius 3 is 2.52 bits per heavy atom. The van der Waals surface area contributed by atoms with Crippen molar-refractivity contribution >= 4 is 5.91 Å². The highest BCUT2D eigenvalue weighted by Gasteiger charge is 2.37. The van der Waals surface area contributed by atoms with Gasteiger partial charge in [0, 0.05) is 38.7 Å². The van der Waals surface area contributed by atoms with Crippen molar-refractivity contribution in [3.8, 4) is 0 Å². The Bertz CT molecular complexity index is 653. The summed E-state index contributed by atoms with van der Waals surface area (Å²) in [5, 5.41) is 11.6. The molecule has 174 valence electrons. The Labute approximate surface area is 184 Å². The Kier molecular flexibility index (Phi) is 12.2. The number of aliphatic hydroxyl groups excluding tert-OH is 1. The predicted octanol–water partition coefficient (Wildman–Crippen LogP) is 1.84. The number of ether oxygens (including phenoxy) is 5. The number of amides is 1. The molecular formula is C23H35NO7. The molecule has 0 saturated heterocycles. The van der Waals surface area contributed by atoms with Crippen molar-refractivity contribution in [3.63, 3.8) is 0 Å². The molecule has 2 rings (SSSR count). The lowest BCUT2D eigenvalue weighted by atomic mass is 9.81. The first-order chi connectivity index (χ1) is 15.2. The topological polar surface area (TPSA) is 95.5 Å². The smallest absolute Gasteiger partial charge is 0.286 e. The van der Waals surface area contributed by atoms with Gasteiger partial charge in [-0.3, -0.25) is 4.79 Å². The first-order valence-corrected chi connectivity index (χ1v) is 10.8. The Balaban J connectivity index is 2.10. The monoisotopic (exact) mass is 437 g/mol. The molecule has 0 aliphatic carbocycles. The zero-order valence-electron chi connectivity index (χ0n) is 18.5. The lowest BCUT2D eigenvalue weighted by molar-refractivity contribution is -0.168. The molecule has 1 aromatic carbocycles. The highest BCUT2D eigenvalue weighted by atomic mass is 16.7. The first kappa shape index (κ1) is 25.3. The second kappa shape index (κ2) is 14.9. The van der Waals surface area contributed by atoms with Gasteiger partial charge in [0.1, 0.15) is 0 Å². The number of methoxy groups -OCH3 is 1. The maximum atomic E-state index is 12.6. The molecule has 8 heteroatoms. The van der Waals surface area contributed by atoms with E-state index in [2.05, 4.69) is 5.32 Å². The van der Waals surface area contributed by atoms with E-state index >= 15 is 0 Å². The summed E-state index contributed by atoms with van der Waals surface area (Å²) < 4.78 is 27.8. The summed E-state index contributed by atoms with van der Waals surface area (Å²) in [6, 6.07) is 10.0. The number of benzene rings is 1. The number of allylic oxidation sites excluding steroid dienone is 1. The molecule has 0 radical (unpaired) electrons. The number of nitrogens with one attached hydrogen (secondary N) is 1. The van der Waals surface area contributed by atoms with Crippen molar-refractivity contribution in [3.05, 3.63) is 47.7 Å². The molecule has 1 aliphatic heterocycles. The minimum Gasteiger partial charge on any atom is -0.459 e. The summed E-state index contributed by atoms with van der Waals surface area (Å²) in [4.78, 5) is 12.6. The van der Waals surface area contributed by atoms with E-state index in [1.54, 1.807) is 7.11 Å². The van der Waals surface area contributed by atoms with Gasteiger partial charge in [-0.2, -0.15) is 0 Å². The van der Waals surface area contributed by atoms with Gasteiger partial charge in [-0.15, -0.1) is 0 Å². The molecule has 0 fully saturated rings. The van der Waals surface area contributed by atoms with Gasteiger partial charge < -0.3 is 34.1 Å². The molecule has 31 heavy (non-hydrogen) atoms. The van der Waals surface area contributed by atoms with Gasteiger partial charge in [0.2, 0.25) is 6.29 Å². The van der Waals surface area contributed by atoms with Crippen LogP contribution in [0.15, 0.2) is 42.2 Å². The lowest BCUT2D eigenvalue weighted by Gasteiger charge is -2.37. The molecule has 1 amide bonds. The highest BCUT2D eigenvalue weighted by molar-refractivity contribution is 5.91. The quantitative estimate of drug-likeness (QED) is 0.404. The van der Waals surface area contributed by atoms with Crippen LogP contribution in [0.4, 0.5) is 0 Å². The van der Waals surface area contributed by atoms with Crippen LogP contribution in [0.2, 0.25) is 0 Å². The summed E-state index contributed by atoms with van der Waals surface area (Å²) in [6.45, 7) is 4.91. The second-order valence-corrected chi connectivity index (χ2v) is 7.06. The van der Waals surface area contributed by atoms with Crippen LogP contribution in [0.5, 0.6) is 0 Å². The van der Waals surface area contributed by atoms with E-state index in [1.807, 2.05) is 43.3 Å². The van der Waals surface area contributed by atoms with Gasteiger partial charge in [-0.25, -0.2) is 0 Å². The molecule has 2 N–H and O–H groups in total. The van der Waals surface area contributed by atoms with E-state index in [9.17, 15) is 4.79 Å². The lowest BCUT2D eigenvalue weighted by Crippen LogP contribution is -2.40. The molecule has 3 atom stereocenters. The third-order valence-corrected chi connectivity index (χ3v) is 4.92. The molecule has 0 spiro atoms. The summed E-state index contributed by atoms with van der Waals surface area (Å²) in [6.07, 6.45) is 2.01. The van der Waals surface area contributed by atoms with Gasteiger partial charge in [-0.05, 0) is 25.0 Å². The standard InChI is InChI=1S/C23H35NO7/c1-3-30-23-19(9-12-28-15-16-29-14-11-25)20(18-7-5-4-6-8-18)17-21(31-23)22(26)24-10-13-27-2/h4-8,17,19-20,23,25H,3,9-16H2,1-2H3,(H,24,26)/t19-,20-,23-/m1/s1. The number of hydrogen-bond acceptors (Lipinski definition) is 7. The number of rotatable bonds is 15. The molecule has 0 aromatic heterocycles. The molecule has 1 aromatic rings. The zero-order valence-corrected chi connectivity index (χ0v) is 18.5. The average Bonchev–Trinajstić information content (AvgIpc) is 2.79. The predicted molar refractivity (Wildman–Crippen MR) is 115 cm³/mol. The third-order valence-electron chi connectivity index (χ3n) is 4.92. The van der Waals surface area contributed by atoms with Crippen LogP contribution in [-0.4, -0.2) is 77.2 Å². The SMILES string of the molecule is CCO[C@@H]1OC(C(=O)NCCOC)=C[C@H](c2ccccc2)[C@H]1CCOCCOCCO. The van der Waals surface area contributed by atoms with Gasteiger partial charge >= 0.3 is 0 Å². The fourth-order valence-electron chi connectivity index (χ4n) is 3.45. The molecule has 0 bridgehead atoms. The third kappa shape index (κ3) is 8.59. The van der Waals surface area contributed by atoms with Gasteiger partial charge in [0.05, 0.1) is 33.0 Å². The Hall–Kier alpha value is -1.97. The molecule has 8 nitrogen and oxygen atoms in total. The van der Waals surface area contributed by atoms with Gasteiger partial charge in [0.25, 0.3) is 5.91 Å². The summed E-state index contributed by atoms with van der Waals surface area (Å²) >= 11 is 0. The maximum absolute atomic E-state index is 12.6. The number of carbonyl (C=O) groups is 1. The number of hydrogen-bond donors (Lipinski definition) is 2. The zero-order chi connectivity index (χ0) is 22.3. The summed E-state index contributed by atoms with van der Waals surface area (Å²) in [5.41, 5.74) is 1.09. The van der Waals surface area contributed by atoms with Crippen LogP contribution < -0.4 is 5.32 Å². The Morgan fingerprint density at radius 1 is 1.10 bits per heavy atom. The van der Waals surface area contributed by atoms with Crippen LogP contribution >= 0.6 is 0 Å². The van der Waals surface area contributed by atoms with Crippen LogP contribution in [0.25, 0.3) is 0 Å². The van der Waals surface area contributed by atoms with E-state index in [4.69, 9.17) is 28.8 Å². The maximum Gasteiger partial charge on any atom is 0.286 e. The first-order valence-electron chi connectivity index (χ1n) is 10.8. The van der Waals surface area contributed by atoms with Crippen molar-refractivity contribution in [1.82, 2.24) is 5.32 Å². The van der Waals surface area contributed by atoms with Crippen LogP contribution in [0.3, 0.4) is 0 Å². The fourth-order valence-corrected chi connectivity index (χ4v) is 3.45. The number of aliphatic hydroxyl groups is 1. The number of carbonyl (C=O) groups excluding carboxylic acids is 1. The molecule has 1 heterocycles. The van der Waals surface area contributed by atoms with Gasteiger partial charge in [0.15, 0.2) is 5.76 Å². The molecular weight excluding hydrogens is 402 g/mol. The van der Waals surface area contributed by atoms with Crippen LogP contribution in [-0.2, 0) is 28.5 Å². The molecule has 0 unspecified atom stereocenters. The van der Waals surface area contributed by atoms with E-state index in [0.717, 1.165) is 5.56 Å². The van der Waals surface area contributed by atoms with Crippen molar-refractivity contribution in [2.45, 2.75) is 25.6 Å². The fraction of sp³-hybridized carbons (Fsp3) is 0.609. The van der Waals surface area contributed by atoms with E-state index in [1.165, 1.54) is 0 Å².